The lowest BCUT2D eigenvalue weighted by Gasteiger charge is -2.42. The van der Waals surface area contributed by atoms with E-state index >= 15 is 0 Å². The van der Waals surface area contributed by atoms with Crippen LogP contribution in [0.15, 0.2) is 73.3 Å². The van der Waals surface area contributed by atoms with Crippen LogP contribution in [0, 0.1) is 0 Å². The summed E-state index contributed by atoms with van der Waals surface area (Å²) in [4.78, 5) is 13.8. The molecule has 0 amide bonds. The van der Waals surface area contributed by atoms with Gasteiger partial charge in [-0.2, -0.15) is 0 Å². The van der Waals surface area contributed by atoms with E-state index < -0.39 is 16.5 Å². The zero-order valence-electron chi connectivity index (χ0n) is 17.8. The summed E-state index contributed by atoms with van der Waals surface area (Å²) in [5.41, 5.74) is 0.936. The second-order valence-electron chi connectivity index (χ2n) is 9.00. The van der Waals surface area contributed by atoms with Gasteiger partial charge in [-0.05, 0) is 22.8 Å². The second kappa shape index (κ2) is 7.17. The molecule has 0 spiro atoms. The van der Waals surface area contributed by atoms with Crippen LogP contribution in [0.25, 0.3) is 11.5 Å². The van der Waals surface area contributed by atoms with Crippen molar-refractivity contribution in [2.45, 2.75) is 32.1 Å². The molecule has 0 radical (unpaired) electrons. The third kappa shape index (κ3) is 2.92. The molecule has 0 unspecified atom stereocenters. The molecule has 0 aliphatic carbocycles. The molecule has 3 aliphatic rings. The fourth-order valence-electron chi connectivity index (χ4n) is 4.84. The van der Waals surface area contributed by atoms with Gasteiger partial charge in [0, 0.05) is 6.54 Å². The lowest BCUT2D eigenvalue weighted by molar-refractivity contribution is 0.923. The van der Waals surface area contributed by atoms with E-state index in [1.165, 1.54) is 28.7 Å². The number of fused-ring (bicyclic) bond motifs is 1. The summed E-state index contributed by atoms with van der Waals surface area (Å²) >= 11 is 0. The van der Waals surface area contributed by atoms with Crippen molar-refractivity contribution in [1.82, 2.24) is 19.2 Å². The molecular weight excluding hydrogens is 402 g/mol. The SMILES string of the molecule is C[Si](C)(C)n1cnc2ncnc-2c1N1CCC[Si]1(c1ccccc1)c1ccccc1. The summed E-state index contributed by atoms with van der Waals surface area (Å²) in [6.07, 6.45) is 4.84. The second-order valence-corrected chi connectivity index (χ2v) is 17.7. The van der Waals surface area contributed by atoms with Gasteiger partial charge in [-0.1, -0.05) is 80.3 Å². The topological polar surface area (TPSA) is 46.8 Å². The van der Waals surface area contributed by atoms with E-state index in [4.69, 9.17) is 4.98 Å². The molecular formula is C23H27N5Si2. The fraction of sp³-hybridized carbons (Fsp3) is 0.261. The average Bonchev–Trinajstić information content (AvgIpc) is 3.41. The lowest BCUT2D eigenvalue weighted by atomic mass is 10.3. The Morgan fingerprint density at radius 1 is 0.833 bits per heavy atom. The van der Waals surface area contributed by atoms with Gasteiger partial charge in [-0.15, -0.1) is 0 Å². The molecule has 152 valence electrons. The van der Waals surface area contributed by atoms with Crippen molar-refractivity contribution in [2.24, 2.45) is 0 Å². The van der Waals surface area contributed by atoms with Crippen LogP contribution in [0.4, 0.5) is 5.82 Å². The van der Waals surface area contributed by atoms with Gasteiger partial charge in [-0.25, -0.2) is 15.0 Å². The monoisotopic (exact) mass is 429 g/mol. The molecule has 5 rings (SSSR count). The van der Waals surface area contributed by atoms with Crippen molar-refractivity contribution in [2.75, 3.05) is 11.1 Å². The Balaban J connectivity index is 1.82. The first-order valence-electron chi connectivity index (χ1n) is 10.6. The quantitative estimate of drug-likeness (QED) is 0.466. The summed E-state index contributed by atoms with van der Waals surface area (Å²) in [7, 11) is -3.95. The van der Waals surface area contributed by atoms with E-state index in [0.717, 1.165) is 18.1 Å². The van der Waals surface area contributed by atoms with Gasteiger partial charge in [0.05, 0.1) is 6.33 Å². The maximum absolute atomic E-state index is 4.70. The zero-order valence-corrected chi connectivity index (χ0v) is 19.8. The van der Waals surface area contributed by atoms with Crippen molar-refractivity contribution in [3.05, 3.63) is 73.3 Å². The molecule has 30 heavy (non-hydrogen) atoms. The number of aromatic nitrogens is 4. The molecule has 3 aliphatic heterocycles. The van der Waals surface area contributed by atoms with E-state index in [-0.39, 0.29) is 0 Å². The zero-order chi connectivity index (χ0) is 20.8. The molecule has 0 N–H and O–H groups in total. The summed E-state index contributed by atoms with van der Waals surface area (Å²) < 4.78 is 5.15. The Bertz CT molecular complexity index is 1080. The molecule has 1 fully saturated rings. The molecule has 0 aromatic heterocycles. The van der Waals surface area contributed by atoms with Crippen LogP contribution in [0.5, 0.6) is 0 Å². The third-order valence-electron chi connectivity index (χ3n) is 6.18. The molecule has 2 aromatic rings. The van der Waals surface area contributed by atoms with Crippen LogP contribution in [0.1, 0.15) is 6.42 Å². The van der Waals surface area contributed by atoms with Crippen LogP contribution in [0.2, 0.25) is 25.7 Å². The minimum Gasteiger partial charge on any atom is -0.375 e. The highest BCUT2D eigenvalue weighted by molar-refractivity contribution is 7.05. The molecule has 3 heterocycles. The van der Waals surface area contributed by atoms with Crippen LogP contribution >= 0.6 is 0 Å². The minimum atomic E-state index is -2.22. The first-order chi connectivity index (χ1) is 14.5. The van der Waals surface area contributed by atoms with Crippen molar-refractivity contribution in [3.63, 3.8) is 0 Å². The highest BCUT2D eigenvalue weighted by atomic mass is 28.3. The Labute approximate surface area is 180 Å². The number of rotatable bonds is 4. The summed E-state index contributed by atoms with van der Waals surface area (Å²) in [5, 5.41) is 2.92. The molecule has 2 aromatic carbocycles. The fourth-order valence-corrected chi connectivity index (χ4v) is 11.3. The molecule has 1 saturated heterocycles. The van der Waals surface area contributed by atoms with Crippen LogP contribution in [-0.4, -0.2) is 42.2 Å². The van der Waals surface area contributed by atoms with Crippen LogP contribution in [-0.2, 0) is 0 Å². The number of imidazole rings is 1. The van der Waals surface area contributed by atoms with Gasteiger partial charge >= 0.3 is 0 Å². The summed E-state index contributed by atoms with van der Waals surface area (Å²) in [5.74, 6) is 1.96. The first-order valence-corrected chi connectivity index (χ1v) is 16.2. The molecule has 7 heteroatoms. The van der Waals surface area contributed by atoms with Gasteiger partial charge in [0.2, 0.25) is 8.24 Å². The molecule has 5 nitrogen and oxygen atoms in total. The Morgan fingerprint density at radius 3 is 2.07 bits per heavy atom. The van der Waals surface area contributed by atoms with Gasteiger partial charge in [0.15, 0.2) is 14.1 Å². The molecule has 0 bridgehead atoms. The van der Waals surface area contributed by atoms with Crippen molar-refractivity contribution < 1.29 is 0 Å². The van der Waals surface area contributed by atoms with Gasteiger partial charge in [0.25, 0.3) is 0 Å². The Kier molecular flexibility index (Phi) is 4.59. The Hall–Kier alpha value is -2.78. The predicted octanol–water partition coefficient (Wildman–Crippen LogP) is 3.43. The van der Waals surface area contributed by atoms with Gasteiger partial charge < -0.3 is 8.80 Å². The molecule has 0 saturated carbocycles. The van der Waals surface area contributed by atoms with Crippen LogP contribution < -0.4 is 14.9 Å². The van der Waals surface area contributed by atoms with Gasteiger partial charge in [-0.3, -0.25) is 0 Å². The largest absolute Gasteiger partial charge is 0.375 e. The number of nitrogens with zero attached hydrogens (tertiary/aromatic N) is 5. The van der Waals surface area contributed by atoms with Crippen LogP contribution in [0.3, 0.4) is 0 Å². The predicted molar refractivity (Wildman–Crippen MR) is 128 cm³/mol. The third-order valence-corrected chi connectivity index (χ3v) is 13.0. The highest BCUT2D eigenvalue weighted by Gasteiger charge is 2.49. The number of hydrogen-bond donors (Lipinski definition) is 0. The number of hydrogen-bond acceptors (Lipinski definition) is 4. The lowest BCUT2D eigenvalue weighted by Crippen LogP contribution is -2.68. The van der Waals surface area contributed by atoms with E-state index in [1.807, 2.05) is 6.33 Å². The first kappa shape index (κ1) is 19.2. The standard InChI is InChI=1S/C23H27N5Si2/c1-29(2,3)28-18-26-22-21(24-17-25-22)23(28)27-15-10-16-30(27,19-11-6-4-7-12-19)20-13-8-5-9-14-20/h4-9,11-14,17-18H,10,15-16H2,1-3H3. The highest BCUT2D eigenvalue weighted by Crippen LogP contribution is 2.38. The maximum atomic E-state index is 4.70. The maximum Gasteiger partial charge on any atom is 0.221 e. The van der Waals surface area contributed by atoms with E-state index in [0.29, 0.717) is 0 Å². The summed E-state index contributed by atoms with van der Waals surface area (Å²) in [6, 6.07) is 23.5. The van der Waals surface area contributed by atoms with E-state index in [2.05, 4.69) is 99.1 Å². The van der Waals surface area contributed by atoms with Crippen molar-refractivity contribution >= 4 is 32.7 Å². The van der Waals surface area contributed by atoms with Crippen molar-refractivity contribution in [1.29, 1.82) is 0 Å². The number of anilines is 1. The molecule has 0 atom stereocenters. The summed E-state index contributed by atoms with van der Waals surface area (Å²) in [6.45, 7) is 8.13. The average molecular weight is 430 g/mol. The van der Waals surface area contributed by atoms with E-state index in [1.54, 1.807) is 6.33 Å². The number of benzene rings is 2. The van der Waals surface area contributed by atoms with Crippen molar-refractivity contribution in [3.8, 4) is 11.5 Å². The van der Waals surface area contributed by atoms with Gasteiger partial charge in [0.1, 0.15) is 17.8 Å². The Morgan fingerprint density at radius 2 is 1.47 bits per heavy atom. The van der Waals surface area contributed by atoms with E-state index in [9.17, 15) is 0 Å². The smallest absolute Gasteiger partial charge is 0.221 e. The minimum absolute atomic E-state index is 0.746. The normalized spacial score (nSPS) is 16.3.